The van der Waals surface area contributed by atoms with Crippen LogP contribution in [0.2, 0.25) is 0 Å². The summed E-state index contributed by atoms with van der Waals surface area (Å²) in [4.78, 5) is 32.9. The van der Waals surface area contributed by atoms with Crippen molar-refractivity contribution in [2.75, 3.05) is 14.2 Å². The highest BCUT2D eigenvalue weighted by atomic mass is 32.2. The molecule has 0 aliphatic carbocycles. The minimum Gasteiger partial charge on any atom is -0.493 e. The number of aliphatic imine (C=N–C) groups is 1. The largest absolute Gasteiger partial charge is 0.493 e. The summed E-state index contributed by atoms with van der Waals surface area (Å²) in [6.07, 6.45) is 1.01. The number of nitrogens with one attached hydrogen (secondary N) is 1. The summed E-state index contributed by atoms with van der Waals surface area (Å²) < 4.78 is 16.7. The minimum absolute atomic E-state index is 0.0766. The molecular formula is C26H35N3O5S. The number of allylic oxidation sites excluding steroid dienone is 1. The lowest BCUT2D eigenvalue weighted by Gasteiger charge is -2.37. The van der Waals surface area contributed by atoms with Gasteiger partial charge in [0.15, 0.2) is 16.7 Å². The fourth-order valence-electron chi connectivity index (χ4n) is 3.89. The van der Waals surface area contributed by atoms with Crippen LogP contribution in [0.1, 0.15) is 66.0 Å². The number of methoxy groups -OCH3 is 2. The summed E-state index contributed by atoms with van der Waals surface area (Å²) in [5.41, 5.74) is 1.89. The lowest BCUT2D eigenvalue weighted by Crippen LogP contribution is -2.40. The number of hydrogen-bond acceptors (Lipinski definition) is 8. The zero-order valence-corrected chi connectivity index (χ0v) is 22.5. The van der Waals surface area contributed by atoms with Gasteiger partial charge in [-0.05, 0) is 64.1 Å². The Kier molecular flexibility index (Phi) is 8.20. The highest BCUT2D eigenvalue weighted by Crippen LogP contribution is 2.46. The van der Waals surface area contributed by atoms with Crippen molar-refractivity contribution in [2.24, 2.45) is 4.99 Å². The summed E-state index contributed by atoms with van der Waals surface area (Å²) >= 11 is 1.44. The van der Waals surface area contributed by atoms with Gasteiger partial charge in [-0.2, -0.15) is 0 Å². The number of carbonyl (C=O) groups excluding carboxylic acids is 2. The molecule has 190 valence electrons. The first-order valence-electron chi connectivity index (χ1n) is 11.7. The maximum absolute atomic E-state index is 13.4. The maximum Gasteiger partial charge on any atom is 0.338 e. The second kappa shape index (κ2) is 10.8. The van der Waals surface area contributed by atoms with Gasteiger partial charge in [0.05, 0.1) is 38.0 Å². The molecule has 0 bridgehead atoms. The average Bonchev–Trinajstić information content (AvgIpc) is 3.17. The van der Waals surface area contributed by atoms with Crippen LogP contribution in [0.5, 0.6) is 11.5 Å². The third-order valence-corrected chi connectivity index (χ3v) is 6.59. The standard InChI is InChI=1S/C26H35N3O5S/c1-9-15(2)27-21(30)13-18-14-35-25-28-16(3)22(24(31)34-26(4,5)6)23(29(18)25)17-10-11-19(32-7)20(12-17)33-8/h10-12,14-15,23H,9,13H2,1-8H3,(H,27,30)/t15-,23-/m0/s1. The van der Waals surface area contributed by atoms with Crippen LogP contribution < -0.4 is 14.8 Å². The van der Waals surface area contributed by atoms with Crippen LogP contribution in [-0.2, 0) is 14.3 Å². The number of benzene rings is 1. The number of ether oxygens (including phenoxy) is 3. The van der Waals surface area contributed by atoms with E-state index in [1.54, 1.807) is 14.2 Å². The van der Waals surface area contributed by atoms with Crippen molar-refractivity contribution in [1.29, 1.82) is 0 Å². The fraction of sp³-hybridized carbons (Fsp3) is 0.500. The molecule has 1 N–H and O–H groups in total. The van der Waals surface area contributed by atoms with Crippen LogP contribution in [0.3, 0.4) is 0 Å². The second-order valence-corrected chi connectivity index (χ2v) is 10.4. The number of esters is 1. The van der Waals surface area contributed by atoms with Gasteiger partial charge in [0.1, 0.15) is 5.60 Å². The van der Waals surface area contributed by atoms with Crippen LogP contribution in [0.4, 0.5) is 0 Å². The Morgan fingerprint density at radius 3 is 2.49 bits per heavy atom. The first-order chi connectivity index (χ1) is 16.5. The highest BCUT2D eigenvalue weighted by Gasteiger charge is 2.42. The lowest BCUT2D eigenvalue weighted by atomic mass is 9.93. The van der Waals surface area contributed by atoms with Crippen LogP contribution in [-0.4, -0.2) is 47.8 Å². The fourth-order valence-corrected chi connectivity index (χ4v) is 4.86. The molecule has 3 rings (SSSR count). The van der Waals surface area contributed by atoms with E-state index in [1.165, 1.54) is 11.8 Å². The first-order valence-corrected chi connectivity index (χ1v) is 12.6. The number of nitrogens with zero attached hydrogens (tertiary/aromatic N) is 2. The molecule has 1 amide bonds. The summed E-state index contributed by atoms with van der Waals surface area (Å²) in [5.74, 6) is 0.601. The SMILES string of the molecule is CC[C@H](C)NC(=O)CC1=CSC2=NC(C)=C(C(=O)OC(C)(C)C)[C@H](c3ccc(OC)c(OC)c3)N12. The van der Waals surface area contributed by atoms with Crippen molar-refractivity contribution in [3.8, 4) is 11.5 Å². The molecule has 0 fully saturated rings. The van der Waals surface area contributed by atoms with Crippen LogP contribution in [0.25, 0.3) is 0 Å². The van der Waals surface area contributed by atoms with Crippen LogP contribution in [0, 0.1) is 0 Å². The number of fused-ring (bicyclic) bond motifs is 1. The van der Waals surface area contributed by atoms with Gasteiger partial charge in [-0.25, -0.2) is 9.79 Å². The summed E-state index contributed by atoms with van der Waals surface area (Å²) in [6, 6.07) is 5.09. The molecular weight excluding hydrogens is 466 g/mol. The van der Waals surface area contributed by atoms with Gasteiger partial charge in [-0.3, -0.25) is 4.79 Å². The second-order valence-electron chi connectivity index (χ2n) is 9.56. The number of carbonyl (C=O) groups is 2. The maximum atomic E-state index is 13.4. The summed E-state index contributed by atoms with van der Waals surface area (Å²) in [5, 5.41) is 5.65. The van der Waals surface area contributed by atoms with Gasteiger partial charge >= 0.3 is 5.97 Å². The van der Waals surface area contributed by atoms with Gasteiger partial charge in [0.2, 0.25) is 5.91 Å². The smallest absolute Gasteiger partial charge is 0.338 e. The zero-order valence-electron chi connectivity index (χ0n) is 21.7. The van der Waals surface area contributed by atoms with E-state index in [4.69, 9.17) is 19.2 Å². The quantitative estimate of drug-likeness (QED) is 0.506. The average molecular weight is 502 g/mol. The van der Waals surface area contributed by atoms with E-state index in [9.17, 15) is 9.59 Å². The molecule has 0 spiro atoms. The van der Waals surface area contributed by atoms with E-state index >= 15 is 0 Å². The Labute approximate surface area is 211 Å². The van der Waals surface area contributed by atoms with Crippen molar-refractivity contribution in [3.05, 3.63) is 46.1 Å². The molecule has 35 heavy (non-hydrogen) atoms. The molecule has 2 aliphatic heterocycles. The Morgan fingerprint density at radius 1 is 1.20 bits per heavy atom. The normalized spacial score (nSPS) is 18.4. The number of amidine groups is 1. The first kappa shape index (κ1) is 26.7. The van der Waals surface area contributed by atoms with Gasteiger partial charge in [-0.15, -0.1) is 0 Å². The van der Waals surface area contributed by atoms with Gasteiger partial charge in [0, 0.05) is 11.7 Å². The summed E-state index contributed by atoms with van der Waals surface area (Å²) in [7, 11) is 3.15. The third-order valence-electron chi connectivity index (χ3n) is 5.70. The zero-order chi connectivity index (χ0) is 25.9. The molecule has 0 saturated carbocycles. The number of hydrogen-bond donors (Lipinski definition) is 1. The number of amides is 1. The Bertz CT molecular complexity index is 1090. The molecule has 2 aliphatic rings. The molecule has 2 heterocycles. The van der Waals surface area contributed by atoms with Crippen LogP contribution in [0.15, 0.2) is 45.6 Å². The lowest BCUT2D eigenvalue weighted by molar-refractivity contribution is -0.150. The monoisotopic (exact) mass is 501 g/mol. The molecule has 0 radical (unpaired) electrons. The van der Waals surface area contributed by atoms with Crippen LogP contribution >= 0.6 is 11.8 Å². The third kappa shape index (κ3) is 6.01. The van der Waals surface area contributed by atoms with E-state index in [2.05, 4.69) is 5.32 Å². The van der Waals surface area contributed by atoms with E-state index < -0.39 is 17.6 Å². The van der Waals surface area contributed by atoms with Crippen molar-refractivity contribution in [2.45, 2.75) is 72.1 Å². The molecule has 8 nitrogen and oxygen atoms in total. The summed E-state index contributed by atoms with van der Waals surface area (Å²) in [6.45, 7) is 11.3. The van der Waals surface area contributed by atoms with Gasteiger partial charge in [0.25, 0.3) is 0 Å². The van der Waals surface area contributed by atoms with Gasteiger partial charge < -0.3 is 24.4 Å². The molecule has 0 saturated heterocycles. The topological polar surface area (TPSA) is 89.5 Å². The number of thioether (sulfide) groups is 1. The van der Waals surface area contributed by atoms with E-state index in [0.29, 0.717) is 27.9 Å². The van der Waals surface area contributed by atoms with E-state index in [1.807, 2.05) is 70.0 Å². The Morgan fingerprint density at radius 2 is 1.89 bits per heavy atom. The Hall–Kier alpha value is -2.94. The molecule has 2 atom stereocenters. The Balaban J connectivity index is 2.08. The van der Waals surface area contributed by atoms with Crippen molar-refractivity contribution in [3.63, 3.8) is 0 Å². The predicted octanol–water partition coefficient (Wildman–Crippen LogP) is 4.93. The van der Waals surface area contributed by atoms with Crippen molar-refractivity contribution >= 4 is 28.8 Å². The molecule has 1 aromatic carbocycles. The predicted molar refractivity (Wildman–Crippen MR) is 138 cm³/mol. The molecule has 1 aromatic rings. The molecule has 0 aromatic heterocycles. The minimum atomic E-state index is -0.675. The van der Waals surface area contributed by atoms with Crippen molar-refractivity contribution < 1.29 is 23.8 Å². The molecule has 0 unspecified atom stereocenters. The van der Waals surface area contributed by atoms with Crippen molar-refractivity contribution in [1.82, 2.24) is 10.2 Å². The number of rotatable bonds is 8. The van der Waals surface area contributed by atoms with E-state index in [0.717, 1.165) is 17.7 Å². The van der Waals surface area contributed by atoms with E-state index in [-0.39, 0.29) is 18.4 Å². The molecule has 9 heteroatoms. The van der Waals surface area contributed by atoms with Gasteiger partial charge in [-0.1, -0.05) is 24.8 Å². The highest BCUT2D eigenvalue weighted by molar-refractivity contribution is 8.16.